The number of methoxy groups -OCH3 is 1. The number of nitrogens with one attached hydrogen (secondary N) is 1. The van der Waals surface area contributed by atoms with E-state index in [1.807, 2.05) is 24.3 Å². The van der Waals surface area contributed by atoms with Crippen LogP contribution in [-0.4, -0.2) is 23.1 Å². The summed E-state index contributed by atoms with van der Waals surface area (Å²) in [4.78, 5) is 4.04. The van der Waals surface area contributed by atoms with Gasteiger partial charge in [-0.05, 0) is 29.8 Å². The molecule has 0 radical (unpaired) electrons. The van der Waals surface area contributed by atoms with Crippen molar-refractivity contribution in [2.24, 2.45) is 10.9 Å². The SMILES string of the molecule is COc1cc(Br)cc(NCc2ccnc(/C(N)=N/O)c2)c1. The minimum atomic E-state index is -0.0130. The molecule has 6 nitrogen and oxygen atoms in total. The number of nitrogens with two attached hydrogens (primary N) is 1. The molecule has 0 aliphatic rings. The minimum Gasteiger partial charge on any atom is -0.497 e. The van der Waals surface area contributed by atoms with E-state index in [9.17, 15) is 0 Å². The summed E-state index contributed by atoms with van der Waals surface area (Å²) >= 11 is 3.43. The lowest BCUT2D eigenvalue weighted by atomic mass is 10.2. The Morgan fingerprint density at radius 2 is 2.24 bits per heavy atom. The van der Waals surface area contributed by atoms with Crippen molar-refractivity contribution in [1.29, 1.82) is 0 Å². The van der Waals surface area contributed by atoms with Crippen molar-refractivity contribution in [3.8, 4) is 5.75 Å². The Balaban J connectivity index is 2.11. The molecule has 21 heavy (non-hydrogen) atoms. The van der Waals surface area contributed by atoms with Crippen molar-refractivity contribution in [3.05, 3.63) is 52.3 Å². The Morgan fingerprint density at radius 3 is 2.95 bits per heavy atom. The Labute approximate surface area is 130 Å². The average Bonchev–Trinajstić information content (AvgIpc) is 2.51. The molecular weight excluding hydrogens is 336 g/mol. The highest BCUT2D eigenvalue weighted by molar-refractivity contribution is 9.10. The number of pyridine rings is 1. The summed E-state index contributed by atoms with van der Waals surface area (Å²) in [5, 5.41) is 14.9. The van der Waals surface area contributed by atoms with Crippen LogP contribution in [0.1, 0.15) is 11.3 Å². The summed E-state index contributed by atoms with van der Waals surface area (Å²) in [6.45, 7) is 0.577. The van der Waals surface area contributed by atoms with Gasteiger partial charge in [-0.2, -0.15) is 0 Å². The smallest absolute Gasteiger partial charge is 0.188 e. The number of aromatic nitrogens is 1. The third-order valence-corrected chi connectivity index (χ3v) is 3.26. The predicted molar refractivity (Wildman–Crippen MR) is 84.8 cm³/mol. The van der Waals surface area contributed by atoms with Gasteiger partial charge in [0.25, 0.3) is 0 Å². The van der Waals surface area contributed by atoms with Crippen molar-refractivity contribution in [2.45, 2.75) is 6.54 Å². The molecule has 0 aliphatic heterocycles. The Kier molecular flexibility index (Phi) is 4.99. The summed E-state index contributed by atoms with van der Waals surface area (Å²) in [5.41, 5.74) is 7.84. The lowest BCUT2D eigenvalue weighted by Gasteiger charge is -2.10. The van der Waals surface area contributed by atoms with Gasteiger partial charge in [0.15, 0.2) is 5.84 Å². The fraction of sp³-hybridized carbons (Fsp3) is 0.143. The second kappa shape index (κ2) is 6.94. The highest BCUT2D eigenvalue weighted by Crippen LogP contribution is 2.24. The van der Waals surface area contributed by atoms with E-state index in [4.69, 9.17) is 15.7 Å². The van der Waals surface area contributed by atoms with Crippen LogP contribution in [0.4, 0.5) is 5.69 Å². The van der Waals surface area contributed by atoms with E-state index < -0.39 is 0 Å². The first-order valence-electron chi connectivity index (χ1n) is 6.13. The predicted octanol–water partition coefficient (Wildman–Crippen LogP) is 2.56. The fourth-order valence-corrected chi connectivity index (χ4v) is 2.23. The number of amidine groups is 1. The fourth-order valence-electron chi connectivity index (χ4n) is 1.76. The van der Waals surface area contributed by atoms with E-state index in [0.29, 0.717) is 12.2 Å². The Morgan fingerprint density at radius 1 is 1.43 bits per heavy atom. The molecule has 7 heteroatoms. The first-order chi connectivity index (χ1) is 10.1. The summed E-state index contributed by atoms with van der Waals surface area (Å²) in [6.07, 6.45) is 1.62. The van der Waals surface area contributed by atoms with Crippen LogP contribution in [0.3, 0.4) is 0 Å². The third kappa shape index (κ3) is 4.09. The van der Waals surface area contributed by atoms with Gasteiger partial charge < -0.3 is 21.0 Å². The van der Waals surface area contributed by atoms with Crippen LogP contribution in [-0.2, 0) is 6.54 Å². The molecule has 0 fully saturated rings. The largest absolute Gasteiger partial charge is 0.497 e. The van der Waals surface area contributed by atoms with E-state index in [1.54, 1.807) is 19.4 Å². The summed E-state index contributed by atoms with van der Waals surface area (Å²) in [5.74, 6) is 0.750. The van der Waals surface area contributed by atoms with Crippen LogP contribution in [0.25, 0.3) is 0 Å². The molecule has 0 aliphatic carbocycles. The van der Waals surface area contributed by atoms with Gasteiger partial charge in [-0.3, -0.25) is 4.98 Å². The van der Waals surface area contributed by atoms with Crippen LogP contribution < -0.4 is 15.8 Å². The van der Waals surface area contributed by atoms with Gasteiger partial charge >= 0.3 is 0 Å². The quantitative estimate of drug-likeness (QED) is 0.333. The standard InChI is InChI=1S/C14H15BrN4O2/c1-21-12-6-10(15)5-11(7-12)18-8-9-2-3-17-13(4-9)14(16)19-20/h2-7,18,20H,8H2,1H3,(H2,16,19). The molecule has 1 aromatic carbocycles. The zero-order valence-electron chi connectivity index (χ0n) is 11.4. The molecule has 0 saturated carbocycles. The molecule has 0 unspecified atom stereocenters. The van der Waals surface area contributed by atoms with Crippen molar-refractivity contribution in [3.63, 3.8) is 0 Å². The molecule has 0 amide bonds. The van der Waals surface area contributed by atoms with Gasteiger partial charge in [0.05, 0.1) is 7.11 Å². The van der Waals surface area contributed by atoms with E-state index in [-0.39, 0.29) is 5.84 Å². The highest BCUT2D eigenvalue weighted by atomic mass is 79.9. The lowest BCUT2D eigenvalue weighted by molar-refractivity contribution is 0.318. The number of benzene rings is 1. The third-order valence-electron chi connectivity index (χ3n) is 2.80. The number of anilines is 1. The molecule has 2 rings (SSSR count). The van der Waals surface area contributed by atoms with Crippen molar-refractivity contribution in [1.82, 2.24) is 4.98 Å². The maximum atomic E-state index is 8.66. The molecular formula is C14H15BrN4O2. The van der Waals surface area contributed by atoms with Crippen LogP contribution in [0.15, 0.2) is 46.2 Å². The van der Waals surface area contributed by atoms with Crippen LogP contribution in [0.2, 0.25) is 0 Å². The zero-order chi connectivity index (χ0) is 15.2. The van der Waals surface area contributed by atoms with E-state index in [2.05, 4.69) is 31.4 Å². The van der Waals surface area contributed by atoms with Gasteiger partial charge in [-0.25, -0.2) is 0 Å². The number of nitrogens with zero attached hydrogens (tertiary/aromatic N) is 2. The molecule has 2 aromatic rings. The monoisotopic (exact) mass is 350 g/mol. The molecule has 110 valence electrons. The van der Waals surface area contributed by atoms with Gasteiger partial charge in [0, 0.05) is 29.0 Å². The van der Waals surface area contributed by atoms with Gasteiger partial charge in [-0.15, -0.1) is 0 Å². The van der Waals surface area contributed by atoms with Gasteiger partial charge in [0.1, 0.15) is 11.4 Å². The highest BCUT2D eigenvalue weighted by Gasteiger charge is 2.03. The molecule has 1 heterocycles. The molecule has 0 saturated heterocycles. The maximum absolute atomic E-state index is 8.66. The topological polar surface area (TPSA) is 92.8 Å². The first-order valence-corrected chi connectivity index (χ1v) is 6.93. The van der Waals surface area contributed by atoms with E-state index in [0.717, 1.165) is 21.5 Å². The number of hydrogen-bond donors (Lipinski definition) is 3. The normalized spacial score (nSPS) is 11.2. The second-order valence-corrected chi connectivity index (χ2v) is 5.18. The minimum absolute atomic E-state index is 0.0130. The summed E-state index contributed by atoms with van der Waals surface area (Å²) in [6, 6.07) is 9.35. The molecule has 0 atom stereocenters. The summed E-state index contributed by atoms with van der Waals surface area (Å²) in [7, 11) is 1.62. The van der Waals surface area contributed by atoms with Crippen molar-refractivity contribution < 1.29 is 9.94 Å². The van der Waals surface area contributed by atoms with Crippen molar-refractivity contribution >= 4 is 27.5 Å². The van der Waals surface area contributed by atoms with E-state index >= 15 is 0 Å². The number of ether oxygens (including phenoxy) is 1. The molecule has 4 N–H and O–H groups in total. The molecule has 1 aromatic heterocycles. The van der Waals surface area contributed by atoms with Crippen LogP contribution in [0, 0.1) is 0 Å². The van der Waals surface area contributed by atoms with Crippen LogP contribution in [0.5, 0.6) is 5.75 Å². The Bertz CT molecular complexity index is 661. The number of oxime groups is 1. The van der Waals surface area contributed by atoms with Crippen molar-refractivity contribution in [2.75, 3.05) is 12.4 Å². The second-order valence-electron chi connectivity index (χ2n) is 4.27. The molecule has 0 bridgehead atoms. The van der Waals surface area contributed by atoms with Gasteiger partial charge in [-0.1, -0.05) is 21.1 Å². The average molecular weight is 351 g/mol. The maximum Gasteiger partial charge on any atom is 0.188 e. The van der Waals surface area contributed by atoms with E-state index in [1.165, 1.54) is 0 Å². The van der Waals surface area contributed by atoms with Gasteiger partial charge in [0.2, 0.25) is 0 Å². The zero-order valence-corrected chi connectivity index (χ0v) is 13.0. The summed E-state index contributed by atoms with van der Waals surface area (Å²) < 4.78 is 6.14. The molecule has 0 spiro atoms. The number of halogens is 1. The number of rotatable bonds is 5. The number of hydrogen-bond acceptors (Lipinski definition) is 5. The lowest BCUT2D eigenvalue weighted by Crippen LogP contribution is -2.15. The Hall–Kier alpha value is -2.28. The first kappa shape index (κ1) is 15.1. The van der Waals surface area contributed by atoms with Crippen LogP contribution >= 0.6 is 15.9 Å².